The van der Waals surface area contributed by atoms with E-state index in [1.165, 1.54) is 7.11 Å². The average molecular weight is 441 g/mol. The smallest absolute Gasteiger partial charge is 0.290 e. The zero-order chi connectivity index (χ0) is 22.1. The van der Waals surface area contributed by atoms with Gasteiger partial charge in [0.2, 0.25) is 5.91 Å². The summed E-state index contributed by atoms with van der Waals surface area (Å²) < 4.78 is 10.3. The molecule has 0 unspecified atom stereocenters. The van der Waals surface area contributed by atoms with Gasteiger partial charge in [-0.25, -0.2) is 0 Å². The predicted molar refractivity (Wildman–Crippen MR) is 112 cm³/mol. The highest BCUT2D eigenvalue weighted by Crippen LogP contribution is 2.37. The maximum absolute atomic E-state index is 12.8. The minimum Gasteiger partial charge on any atom is -0.496 e. The van der Waals surface area contributed by atoms with E-state index in [9.17, 15) is 9.59 Å². The van der Waals surface area contributed by atoms with Crippen molar-refractivity contribution in [2.24, 2.45) is 11.8 Å². The fourth-order valence-electron chi connectivity index (χ4n) is 4.30. The number of amides is 2. The van der Waals surface area contributed by atoms with Gasteiger partial charge < -0.3 is 24.8 Å². The number of carboxylic acid groups (broad SMARTS) is 1. The fraction of sp³-hybridized carbons (Fsp3) is 0.571. The van der Waals surface area contributed by atoms with Gasteiger partial charge in [-0.15, -0.1) is 0 Å². The summed E-state index contributed by atoms with van der Waals surface area (Å²) in [6.45, 7) is 1.68. The second kappa shape index (κ2) is 11.8. The Kier molecular flexibility index (Phi) is 9.39. The lowest BCUT2D eigenvalue weighted by Crippen LogP contribution is -2.45. The number of hydrogen-bond donors (Lipinski definition) is 2. The molecule has 8 nitrogen and oxygen atoms in total. The number of fused-ring (bicyclic) bond motifs is 1. The second-order valence-electron chi connectivity index (χ2n) is 7.43. The van der Waals surface area contributed by atoms with Crippen LogP contribution in [-0.2, 0) is 14.3 Å². The van der Waals surface area contributed by atoms with Crippen LogP contribution in [0.2, 0.25) is 5.02 Å². The van der Waals surface area contributed by atoms with E-state index in [0.29, 0.717) is 47.7 Å². The molecule has 0 bridgehead atoms. The third kappa shape index (κ3) is 6.09. The number of halogens is 1. The summed E-state index contributed by atoms with van der Waals surface area (Å²) in [6.07, 6.45) is 3.51. The lowest BCUT2D eigenvalue weighted by molar-refractivity contribution is -0.131. The molecule has 1 aromatic rings. The van der Waals surface area contributed by atoms with Crippen LogP contribution in [0.15, 0.2) is 18.2 Å². The molecule has 0 aromatic heterocycles. The Hall–Kier alpha value is -2.32. The molecular formula is C21H29ClN2O6. The lowest BCUT2D eigenvalue weighted by atomic mass is 9.78. The van der Waals surface area contributed by atoms with Gasteiger partial charge in [-0.05, 0) is 37.0 Å². The molecule has 3 rings (SSSR count). The molecule has 1 saturated heterocycles. The predicted octanol–water partition coefficient (Wildman–Crippen LogP) is 2.44. The van der Waals surface area contributed by atoms with Crippen LogP contribution in [0, 0.1) is 11.8 Å². The van der Waals surface area contributed by atoms with Crippen molar-refractivity contribution in [1.82, 2.24) is 10.2 Å². The zero-order valence-electron chi connectivity index (χ0n) is 17.3. The van der Waals surface area contributed by atoms with Gasteiger partial charge in [0.05, 0.1) is 25.7 Å². The number of hydrogen-bond acceptors (Lipinski definition) is 5. The van der Waals surface area contributed by atoms with Crippen molar-refractivity contribution in [2.75, 3.05) is 33.9 Å². The molecule has 9 heteroatoms. The normalized spacial score (nSPS) is 22.4. The largest absolute Gasteiger partial charge is 0.496 e. The van der Waals surface area contributed by atoms with E-state index < -0.39 is 0 Å². The number of likely N-dealkylation sites (tertiary alicyclic amines) is 1. The number of nitrogens with zero attached hydrogens (tertiary/aromatic N) is 1. The van der Waals surface area contributed by atoms with Crippen LogP contribution >= 0.6 is 11.6 Å². The first-order chi connectivity index (χ1) is 14.4. The number of benzene rings is 1. The summed E-state index contributed by atoms with van der Waals surface area (Å²) in [7, 11) is 3.13. The van der Waals surface area contributed by atoms with Gasteiger partial charge in [-0.2, -0.15) is 0 Å². The van der Waals surface area contributed by atoms with Crippen LogP contribution in [0.25, 0.3) is 0 Å². The Morgan fingerprint density at radius 1 is 1.30 bits per heavy atom. The molecule has 30 heavy (non-hydrogen) atoms. The van der Waals surface area contributed by atoms with Crippen LogP contribution in [0.5, 0.6) is 5.75 Å². The van der Waals surface area contributed by atoms with Gasteiger partial charge in [0.15, 0.2) is 0 Å². The highest BCUT2D eigenvalue weighted by Gasteiger charge is 2.42. The molecule has 2 aliphatic rings. The van der Waals surface area contributed by atoms with Gasteiger partial charge in [0.25, 0.3) is 12.4 Å². The van der Waals surface area contributed by atoms with E-state index >= 15 is 0 Å². The number of methoxy groups -OCH3 is 2. The standard InChI is InChI=1S/C20H27ClN2O4.CH2O2/c1-26-9-8-19(24)23-11-13-4-3-5-17(16(13)12-23)22-20(25)15-7-6-14(21)10-18(15)27-2;2-1-3/h6-7,10,13,16-17H,3-5,8-9,11-12H2,1-2H3,(H,22,25);1H,(H,2,3)/t13-,16+,17-;/m0./s1. The van der Waals surface area contributed by atoms with Crippen LogP contribution in [0.1, 0.15) is 36.0 Å². The van der Waals surface area contributed by atoms with Crippen LogP contribution < -0.4 is 10.1 Å². The summed E-state index contributed by atoms with van der Waals surface area (Å²) >= 11 is 5.99. The molecule has 0 radical (unpaired) electrons. The van der Waals surface area contributed by atoms with E-state index in [2.05, 4.69) is 5.32 Å². The van der Waals surface area contributed by atoms with Gasteiger partial charge >= 0.3 is 0 Å². The minimum atomic E-state index is -0.250. The van der Waals surface area contributed by atoms with Crippen molar-refractivity contribution in [3.63, 3.8) is 0 Å². The molecule has 2 N–H and O–H groups in total. The summed E-state index contributed by atoms with van der Waals surface area (Å²) in [6, 6.07) is 5.09. The Balaban J connectivity index is 0.00000101. The van der Waals surface area contributed by atoms with Crippen molar-refractivity contribution < 1.29 is 29.0 Å². The Bertz CT molecular complexity index is 744. The SMILES string of the molecule is COCCC(=O)N1C[C@@H]2CCC[C@H](NC(=O)c3ccc(Cl)cc3OC)[C@@H]2C1.O=CO. The van der Waals surface area contributed by atoms with Crippen molar-refractivity contribution in [3.05, 3.63) is 28.8 Å². The molecule has 1 aliphatic heterocycles. The van der Waals surface area contributed by atoms with E-state index in [4.69, 9.17) is 31.0 Å². The topological polar surface area (TPSA) is 105 Å². The molecule has 166 valence electrons. The number of rotatable bonds is 6. The first kappa shape index (κ1) is 24.0. The molecule has 2 fully saturated rings. The van der Waals surface area contributed by atoms with E-state index in [-0.39, 0.29) is 24.3 Å². The number of carbonyl (C=O) groups is 3. The highest BCUT2D eigenvalue weighted by molar-refractivity contribution is 6.30. The Labute approximate surface area is 181 Å². The molecule has 0 spiro atoms. The van der Waals surface area contributed by atoms with Crippen molar-refractivity contribution >= 4 is 29.9 Å². The summed E-state index contributed by atoms with van der Waals surface area (Å²) in [5.74, 6) is 1.19. The Morgan fingerprint density at radius 3 is 2.70 bits per heavy atom. The molecule has 1 aliphatic carbocycles. The van der Waals surface area contributed by atoms with E-state index in [1.54, 1.807) is 25.3 Å². The second-order valence-corrected chi connectivity index (χ2v) is 7.86. The molecular weight excluding hydrogens is 412 g/mol. The molecule has 1 saturated carbocycles. The third-order valence-corrected chi connectivity index (χ3v) is 5.93. The highest BCUT2D eigenvalue weighted by atomic mass is 35.5. The van der Waals surface area contributed by atoms with Crippen LogP contribution in [0.3, 0.4) is 0 Å². The fourth-order valence-corrected chi connectivity index (χ4v) is 4.46. The summed E-state index contributed by atoms with van der Waals surface area (Å²) in [4.78, 5) is 35.5. The lowest BCUT2D eigenvalue weighted by Gasteiger charge is -2.33. The number of nitrogens with one attached hydrogen (secondary N) is 1. The molecule has 1 aromatic carbocycles. The van der Waals surface area contributed by atoms with Crippen molar-refractivity contribution in [3.8, 4) is 5.75 Å². The maximum atomic E-state index is 12.8. The van der Waals surface area contributed by atoms with Gasteiger partial charge in [-0.3, -0.25) is 14.4 Å². The molecule has 3 atom stereocenters. The van der Waals surface area contributed by atoms with E-state index in [0.717, 1.165) is 25.8 Å². The monoisotopic (exact) mass is 440 g/mol. The average Bonchev–Trinajstić information content (AvgIpc) is 3.18. The van der Waals surface area contributed by atoms with Crippen molar-refractivity contribution in [2.45, 2.75) is 31.7 Å². The maximum Gasteiger partial charge on any atom is 0.290 e. The summed E-state index contributed by atoms with van der Waals surface area (Å²) in [5, 5.41) is 10.6. The van der Waals surface area contributed by atoms with Crippen LogP contribution in [0.4, 0.5) is 0 Å². The summed E-state index contributed by atoms with van der Waals surface area (Å²) in [5.41, 5.74) is 0.482. The van der Waals surface area contributed by atoms with Gasteiger partial charge in [0.1, 0.15) is 5.75 Å². The first-order valence-corrected chi connectivity index (χ1v) is 10.3. The number of ether oxygens (including phenoxy) is 2. The quantitative estimate of drug-likeness (QED) is 0.658. The van der Waals surface area contributed by atoms with E-state index in [1.807, 2.05) is 4.90 Å². The van der Waals surface area contributed by atoms with Gasteiger partial charge in [-0.1, -0.05) is 18.0 Å². The van der Waals surface area contributed by atoms with Crippen LogP contribution in [-0.4, -0.2) is 68.3 Å². The Morgan fingerprint density at radius 2 is 2.03 bits per heavy atom. The van der Waals surface area contributed by atoms with Gasteiger partial charge in [0, 0.05) is 37.2 Å². The first-order valence-electron chi connectivity index (χ1n) is 9.94. The molecule has 1 heterocycles. The minimum absolute atomic E-state index is 0.0665. The zero-order valence-corrected chi connectivity index (χ0v) is 18.1. The number of carbonyl (C=O) groups excluding carboxylic acids is 2. The van der Waals surface area contributed by atoms with Crippen molar-refractivity contribution in [1.29, 1.82) is 0 Å². The third-order valence-electron chi connectivity index (χ3n) is 5.70. The molecule has 2 amide bonds.